The van der Waals surface area contributed by atoms with Gasteiger partial charge in [0.25, 0.3) is 5.91 Å². The molecule has 0 aromatic heterocycles. The Kier molecular flexibility index (Phi) is 11.9. The summed E-state index contributed by atoms with van der Waals surface area (Å²) < 4.78 is 24.8. The number of rotatable bonds is 12. The number of carbonyl (C=O) groups is 1. The fourth-order valence-electron chi connectivity index (χ4n) is 5.26. The minimum absolute atomic E-state index is 0.0220. The van der Waals surface area contributed by atoms with Crippen LogP contribution in [-0.4, -0.2) is 37.8 Å². The van der Waals surface area contributed by atoms with Crippen molar-refractivity contribution in [2.24, 2.45) is 0 Å². The molecule has 0 saturated heterocycles. The van der Waals surface area contributed by atoms with Crippen molar-refractivity contribution in [1.82, 2.24) is 0 Å². The highest BCUT2D eigenvalue weighted by atomic mass is 32.2. The highest BCUT2D eigenvalue weighted by Crippen LogP contribution is 2.44. The van der Waals surface area contributed by atoms with Gasteiger partial charge < -0.3 is 24.8 Å². The highest BCUT2D eigenvalue weighted by molar-refractivity contribution is 7.99. The second-order valence-corrected chi connectivity index (χ2v) is 15.6. The van der Waals surface area contributed by atoms with Crippen LogP contribution < -0.4 is 15.0 Å². The number of amides is 1. The van der Waals surface area contributed by atoms with Crippen molar-refractivity contribution in [1.29, 1.82) is 0 Å². The van der Waals surface area contributed by atoms with E-state index >= 15 is 0 Å². The first-order valence-corrected chi connectivity index (χ1v) is 17.1. The second kappa shape index (κ2) is 15.5. The first-order valence-electron chi connectivity index (χ1n) is 16.2. The van der Waals surface area contributed by atoms with Gasteiger partial charge in [-0.05, 0) is 89.9 Å². The van der Waals surface area contributed by atoms with Crippen LogP contribution in [0.1, 0.15) is 70.7 Å². The second-order valence-electron chi connectivity index (χ2n) is 14.5. The van der Waals surface area contributed by atoms with Crippen LogP contribution in [0.25, 0.3) is 0 Å². The number of aromatic hydroxyl groups is 1. The van der Waals surface area contributed by atoms with Gasteiger partial charge in [0.1, 0.15) is 17.3 Å². The Bertz CT molecular complexity index is 1660. The van der Waals surface area contributed by atoms with E-state index in [-0.39, 0.29) is 35.3 Å². The third kappa shape index (κ3) is 10.2. The third-order valence-electron chi connectivity index (χ3n) is 7.92. The molecule has 0 fully saturated rings. The van der Waals surface area contributed by atoms with Gasteiger partial charge in [0.05, 0.1) is 24.1 Å². The summed E-state index contributed by atoms with van der Waals surface area (Å²) in [6.45, 7) is 15.0. The number of nitrogens with zero attached hydrogens (tertiary/aromatic N) is 1. The normalized spacial score (nSPS) is 12.5. The van der Waals surface area contributed by atoms with Crippen molar-refractivity contribution in [2.45, 2.75) is 88.2 Å². The first-order chi connectivity index (χ1) is 22.5. The molecule has 256 valence electrons. The van der Waals surface area contributed by atoms with Crippen molar-refractivity contribution in [3.63, 3.8) is 0 Å². The first kappa shape index (κ1) is 36.8. The van der Waals surface area contributed by atoms with E-state index in [0.717, 1.165) is 37.7 Å². The zero-order chi connectivity index (χ0) is 35.2. The minimum Gasteiger partial charge on any atom is -0.507 e. The van der Waals surface area contributed by atoms with Crippen molar-refractivity contribution in [3.05, 3.63) is 107 Å². The highest BCUT2D eigenvalue weighted by Gasteiger charge is 2.27. The Morgan fingerprint density at radius 1 is 0.854 bits per heavy atom. The lowest BCUT2D eigenvalue weighted by Crippen LogP contribution is -2.22. The number of anilines is 2. The zero-order valence-corrected chi connectivity index (χ0v) is 30.4. The summed E-state index contributed by atoms with van der Waals surface area (Å²) in [6.07, 6.45) is 0.692. The molecule has 0 heterocycles. The Balaban J connectivity index is 1.36. The van der Waals surface area contributed by atoms with Gasteiger partial charge in [-0.15, -0.1) is 0 Å². The summed E-state index contributed by atoms with van der Waals surface area (Å²) in [5.41, 5.74) is 5.00. The molecule has 0 bridgehead atoms. The average Bonchev–Trinajstić information content (AvgIpc) is 3.00. The summed E-state index contributed by atoms with van der Waals surface area (Å²) in [7, 11) is 3.89. The van der Waals surface area contributed by atoms with Gasteiger partial charge in [-0.2, -0.15) is 0 Å². The zero-order valence-electron chi connectivity index (χ0n) is 29.6. The molecule has 4 aromatic carbocycles. The molecule has 1 amide bonds. The molecule has 48 heavy (non-hydrogen) atoms. The standard InChI is InChI=1S/C40H49FN2O4S/c1-26(46-24-28-10-14-29(41)15-11-28)20-27-12-16-30(17-13-27)47-25-37(44)42-35-19-18-31(23-36(35)43(8)9)48-32-21-33(39(2,3)4)38(45)34(22-32)40(5,6)7/h10-19,21-23,26,45H,20,24-25H2,1-9H3,(H,42,44). The van der Waals surface area contributed by atoms with Crippen LogP contribution >= 0.6 is 11.8 Å². The molecule has 0 aliphatic rings. The smallest absolute Gasteiger partial charge is 0.262 e. The average molecular weight is 673 g/mol. The number of carbonyl (C=O) groups excluding carboxylic acids is 1. The number of halogens is 1. The van der Waals surface area contributed by atoms with Crippen molar-refractivity contribution in [3.8, 4) is 11.5 Å². The Morgan fingerprint density at radius 3 is 2.00 bits per heavy atom. The Hall–Kier alpha value is -4.01. The molecule has 4 aromatic rings. The minimum atomic E-state index is -0.259. The quantitative estimate of drug-likeness (QED) is 0.156. The molecule has 0 radical (unpaired) electrons. The summed E-state index contributed by atoms with van der Waals surface area (Å²) in [6, 6.07) is 24.1. The summed E-state index contributed by atoms with van der Waals surface area (Å²) in [5, 5.41) is 14.1. The molecule has 6 nitrogen and oxygen atoms in total. The van der Waals surface area contributed by atoms with Gasteiger partial charge in [-0.3, -0.25) is 4.79 Å². The largest absolute Gasteiger partial charge is 0.507 e. The maximum absolute atomic E-state index is 13.1. The van der Waals surface area contributed by atoms with Gasteiger partial charge in [0.2, 0.25) is 0 Å². The predicted molar refractivity (Wildman–Crippen MR) is 195 cm³/mol. The van der Waals surface area contributed by atoms with Crippen LogP contribution in [0.5, 0.6) is 11.5 Å². The number of phenolic OH excluding ortho intramolecular Hbond substituents is 1. The van der Waals surface area contributed by atoms with Crippen LogP contribution in [0, 0.1) is 5.82 Å². The van der Waals surface area contributed by atoms with E-state index in [4.69, 9.17) is 9.47 Å². The molecular weight excluding hydrogens is 624 g/mol. The molecular formula is C40H49FN2O4S. The maximum Gasteiger partial charge on any atom is 0.262 e. The van der Waals surface area contributed by atoms with Crippen molar-refractivity contribution >= 4 is 29.0 Å². The van der Waals surface area contributed by atoms with E-state index in [1.807, 2.05) is 62.3 Å². The number of benzene rings is 4. The Morgan fingerprint density at radius 2 is 1.44 bits per heavy atom. The lowest BCUT2D eigenvalue weighted by molar-refractivity contribution is -0.118. The number of ether oxygens (including phenoxy) is 2. The van der Waals surface area contributed by atoms with Crippen LogP contribution in [-0.2, 0) is 33.4 Å². The van der Waals surface area contributed by atoms with E-state index in [0.29, 0.717) is 30.2 Å². The monoisotopic (exact) mass is 672 g/mol. The van der Waals surface area contributed by atoms with Crippen LogP contribution in [0.15, 0.2) is 88.7 Å². The van der Waals surface area contributed by atoms with Gasteiger partial charge in [0, 0.05) is 35.0 Å². The SMILES string of the molecule is CC(Cc1ccc(OCC(=O)Nc2ccc(Sc3cc(C(C)(C)C)c(O)c(C(C)(C)C)c3)cc2N(C)C)cc1)OCc1ccc(F)cc1. The van der Waals surface area contributed by atoms with Gasteiger partial charge in [-0.1, -0.05) is 77.6 Å². The lowest BCUT2D eigenvalue weighted by Gasteiger charge is -2.28. The van der Waals surface area contributed by atoms with E-state index in [9.17, 15) is 14.3 Å². The molecule has 1 unspecified atom stereocenters. The van der Waals surface area contributed by atoms with Gasteiger partial charge >= 0.3 is 0 Å². The van der Waals surface area contributed by atoms with E-state index in [1.54, 1.807) is 23.9 Å². The molecule has 0 aliphatic heterocycles. The van der Waals surface area contributed by atoms with Crippen LogP contribution in [0.2, 0.25) is 0 Å². The number of hydrogen-bond donors (Lipinski definition) is 2. The topological polar surface area (TPSA) is 71.0 Å². The molecule has 1 atom stereocenters. The summed E-state index contributed by atoms with van der Waals surface area (Å²) >= 11 is 1.63. The number of hydrogen-bond acceptors (Lipinski definition) is 6. The van der Waals surface area contributed by atoms with Crippen molar-refractivity contribution in [2.75, 3.05) is 30.9 Å². The maximum atomic E-state index is 13.1. The Labute approximate surface area is 289 Å². The molecule has 0 aliphatic carbocycles. The molecule has 2 N–H and O–H groups in total. The van der Waals surface area contributed by atoms with Gasteiger partial charge in [0.15, 0.2) is 6.61 Å². The summed E-state index contributed by atoms with van der Waals surface area (Å²) in [4.78, 5) is 17.0. The number of phenols is 1. The lowest BCUT2D eigenvalue weighted by atomic mass is 9.79. The molecule has 0 spiro atoms. The van der Waals surface area contributed by atoms with Crippen LogP contribution in [0.3, 0.4) is 0 Å². The van der Waals surface area contributed by atoms with E-state index < -0.39 is 0 Å². The summed E-state index contributed by atoms with van der Waals surface area (Å²) in [5.74, 6) is 0.453. The van der Waals surface area contributed by atoms with Crippen molar-refractivity contribution < 1.29 is 23.8 Å². The van der Waals surface area contributed by atoms with Gasteiger partial charge in [-0.25, -0.2) is 4.39 Å². The van der Waals surface area contributed by atoms with Crippen LogP contribution in [0.4, 0.5) is 15.8 Å². The predicted octanol–water partition coefficient (Wildman–Crippen LogP) is 9.51. The van der Waals surface area contributed by atoms with E-state index in [2.05, 4.69) is 65.1 Å². The third-order valence-corrected chi connectivity index (χ3v) is 8.89. The fraction of sp³-hybridized carbons (Fsp3) is 0.375. The fourth-order valence-corrected chi connectivity index (χ4v) is 6.20. The van der Waals surface area contributed by atoms with E-state index in [1.165, 1.54) is 12.1 Å². The number of nitrogens with one attached hydrogen (secondary N) is 1. The molecule has 4 rings (SSSR count). The molecule has 8 heteroatoms. The molecule has 0 saturated carbocycles.